The standard InChI is InChI=1S/C23H26N4O2/c1-17-7-2-3-9-19(17)15-22(28)27-14-6-8-18(16-27)11-12-21-25-23(29-26-21)20-10-4-5-13-24-20/h2-5,7,9-10,13,18H,6,8,11-12,14-16H2,1H3. The van der Waals surface area contributed by atoms with Crippen LogP contribution in [-0.2, 0) is 17.6 Å². The highest BCUT2D eigenvalue weighted by atomic mass is 16.5. The van der Waals surface area contributed by atoms with Gasteiger partial charge in [-0.2, -0.15) is 4.98 Å². The van der Waals surface area contributed by atoms with Crippen LogP contribution in [0, 0.1) is 12.8 Å². The maximum atomic E-state index is 12.8. The number of hydrogen-bond acceptors (Lipinski definition) is 5. The van der Waals surface area contributed by atoms with Gasteiger partial charge in [0.1, 0.15) is 5.69 Å². The molecule has 6 heteroatoms. The Morgan fingerprint density at radius 2 is 2.07 bits per heavy atom. The van der Waals surface area contributed by atoms with Gasteiger partial charge >= 0.3 is 0 Å². The first-order valence-electron chi connectivity index (χ1n) is 10.3. The molecule has 150 valence electrons. The van der Waals surface area contributed by atoms with E-state index in [2.05, 4.69) is 28.1 Å². The van der Waals surface area contributed by atoms with E-state index in [-0.39, 0.29) is 5.91 Å². The van der Waals surface area contributed by atoms with Crippen molar-refractivity contribution in [2.24, 2.45) is 5.92 Å². The van der Waals surface area contributed by atoms with Crippen molar-refractivity contribution in [3.05, 3.63) is 65.6 Å². The maximum Gasteiger partial charge on any atom is 0.276 e. The first-order valence-corrected chi connectivity index (χ1v) is 10.3. The summed E-state index contributed by atoms with van der Waals surface area (Å²) < 4.78 is 5.34. The number of rotatable bonds is 6. The summed E-state index contributed by atoms with van der Waals surface area (Å²) in [6, 6.07) is 13.7. The first-order chi connectivity index (χ1) is 14.2. The summed E-state index contributed by atoms with van der Waals surface area (Å²) in [6.07, 6.45) is 6.09. The second-order valence-corrected chi connectivity index (χ2v) is 7.72. The van der Waals surface area contributed by atoms with Gasteiger partial charge in [-0.05, 0) is 55.4 Å². The van der Waals surface area contributed by atoms with E-state index >= 15 is 0 Å². The second-order valence-electron chi connectivity index (χ2n) is 7.72. The molecule has 1 aliphatic rings. The maximum absolute atomic E-state index is 12.8. The van der Waals surface area contributed by atoms with Gasteiger partial charge in [-0.15, -0.1) is 0 Å². The van der Waals surface area contributed by atoms with Gasteiger partial charge < -0.3 is 9.42 Å². The fourth-order valence-corrected chi connectivity index (χ4v) is 3.89. The van der Waals surface area contributed by atoms with Crippen LogP contribution in [-0.4, -0.2) is 39.0 Å². The van der Waals surface area contributed by atoms with Crippen molar-refractivity contribution in [1.82, 2.24) is 20.0 Å². The molecule has 0 spiro atoms. The summed E-state index contributed by atoms with van der Waals surface area (Å²) in [5, 5.41) is 4.09. The van der Waals surface area contributed by atoms with Crippen molar-refractivity contribution in [3.63, 3.8) is 0 Å². The average Bonchev–Trinajstić information content (AvgIpc) is 3.24. The number of benzene rings is 1. The molecule has 3 heterocycles. The normalized spacial score (nSPS) is 16.7. The predicted octanol–water partition coefficient (Wildman–Crippen LogP) is 3.85. The van der Waals surface area contributed by atoms with Crippen LogP contribution in [0.3, 0.4) is 0 Å². The summed E-state index contributed by atoms with van der Waals surface area (Å²) in [4.78, 5) is 23.5. The summed E-state index contributed by atoms with van der Waals surface area (Å²) in [5.74, 6) is 1.86. The first kappa shape index (κ1) is 19.3. The highest BCUT2D eigenvalue weighted by Crippen LogP contribution is 2.23. The largest absolute Gasteiger partial charge is 0.342 e. The smallest absolute Gasteiger partial charge is 0.276 e. The summed E-state index contributed by atoms with van der Waals surface area (Å²) >= 11 is 0. The van der Waals surface area contributed by atoms with Crippen LogP contribution in [0.1, 0.15) is 36.2 Å². The molecule has 1 atom stereocenters. The van der Waals surface area contributed by atoms with Gasteiger partial charge in [0.05, 0.1) is 6.42 Å². The van der Waals surface area contributed by atoms with E-state index in [9.17, 15) is 4.79 Å². The van der Waals surface area contributed by atoms with Crippen molar-refractivity contribution in [2.75, 3.05) is 13.1 Å². The monoisotopic (exact) mass is 390 g/mol. The van der Waals surface area contributed by atoms with Gasteiger partial charge in [0.2, 0.25) is 5.91 Å². The Morgan fingerprint density at radius 3 is 2.90 bits per heavy atom. The SMILES string of the molecule is Cc1ccccc1CC(=O)N1CCCC(CCc2noc(-c3ccccn3)n2)C1. The second kappa shape index (κ2) is 8.99. The zero-order chi connectivity index (χ0) is 20.1. The molecule has 4 rings (SSSR count). The number of piperidine rings is 1. The Bertz CT molecular complexity index is 954. The molecule has 0 radical (unpaired) electrons. The van der Waals surface area contributed by atoms with E-state index in [1.807, 2.05) is 41.3 Å². The van der Waals surface area contributed by atoms with Crippen LogP contribution in [0.5, 0.6) is 0 Å². The molecule has 0 bridgehead atoms. The quantitative estimate of drug-likeness (QED) is 0.639. The molecule has 6 nitrogen and oxygen atoms in total. The summed E-state index contributed by atoms with van der Waals surface area (Å²) in [7, 11) is 0. The lowest BCUT2D eigenvalue weighted by atomic mass is 9.92. The van der Waals surface area contributed by atoms with Crippen LogP contribution in [0.4, 0.5) is 0 Å². The third-order valence-electron chi connectivity index (χ3n) is 5.60. The number of amides is 1. The number of carbonyl (C=O) groups is 1. The van der Waals surface area contributed by atoms with E-state index in [1.165, 1.54) is 5.56 Å². The minimum Gasteiger partial charge on any atom is -0.342 e. The van der Waals surface area contributed by atoms with E-state index < -0.39 is 0 Å². The fourth-order valence-electron chi connectivity index (χ4n) is 3.89. The lowest BCUT2D eigenvalue weighted by Gasteiger charge is -2.33. The molecule has 0 aliphatic carbocycles. The predicted molar refractivity (Wildman–Crippen MR) is 110 cm³/mol. The van der Waals surface area contributed by atoms with Crippen molar-refractivity contribution >= 4 is 5.91 Å². The van der Waals surface area contributed by atoms with Crippen LogP contribution in [0.15, 0.2) is 53.2 Å². The molecule has 2 aromatic heterocycles. The zero-order valence-corrected chi connectivity index (χ0v) is 16.8. The lowest BCUT2D eigenvalue weighted by molar-refractivity contribution is -0.132. The zero-order valence-electron chi connectivity index (χ0n) is 16.8. The third-order valence-corrected chi connectivity index (χ3v) is 5.60. The molecule has 1 fully saturated rings. The highest BCUT2D eigenvalue weighted by molar-refractivity contribution is 5.79. The number of nitrogens with zero attached hydrogens (tertiary/aromatic N) is 4. The van der Waals surface area contributed by atoms with Crippen LogP contribution in [0.25, 0.3) is 11.6 Å². The van der Waals surface area contributed by atoms with Gasteiger partial charge in [0.25, 0.3) is 5.89 Å². The molecular formula is C23H26N4O2. The molecule has 1 unspecified atom stereocenters. The fraction of sp³-hybridized carbons (Fsp3) is 0.391. The molecule has 3 aromatic rings. The number of likely N-dealkylation sites (tertiary alicyclic amines) is 1. The number of aryl methyl sites for hydroxylation is 2. The van der Waals surface area contributed by atoms with Gasteiger partial charge in [-0.25, -0.2) is 0 Å². The van der Waals surface area contributed by atoms with Gasteiger partial charge in [-0.1, -0.05) is 35.5 Å². The van der Waals surface area contributed by atoms with Crippen LogP contribution < -0.4 is 0 Å². The van der Waals surface area contributed by atoms with E-state index in [1.54, 1.807) is 6.20 Å². The topological polar surface area (TPSA) is 72.1 Å². The minimum atomic E-state index is 0.223. The van der Waals surface area contributed by atoms with Gasteiger partial charge in [0.15, 0.2) is 5.82 Å². The number of hydrogen-bond donors (Lipinski definition) is 0. The molecular weight excluding hydrogens is 364 g/mol. The van der Waals surface area contributed by atoms with Crippen molar-refractivity contribution < 1.29 is 9.32 Å². The molecule has 0 saturated carbocycles. The van der Waals surface area contributed by atoms with Gasteiger partial charge in [-0.3, -0.25) is 9.78 Å². The van der Waals surface area contributed by atoms with E-state index in [0.717, 1.165) is 44.3 Å². The van der Waals surface area contributed by atoms with Crippen molar-refractivity contribution in [2.45, 2.75) is 39.0 Å². The van der Waals surface area contributed by atoms with Crippen molar-refractivity contribution in [3.8, 4) is 11.6 Å². The molecule has 1 amide bonds. The van der Waals surface area contributed by atoms with E-state index in [4.69, 9.17) is 4.52 Å². The Balaban J connectivity index is 1.31. The summed E-state index contributed by atoms with van der Waals surface area (Å²) in [6.45, 7) is 3.73. The van der Waals surface area contributed by atoms with Crippen LogP contribution >= 0.6 is 0 Å². The molecule has 1 saturated heterocycles. The number of pyridine rings is 1. The van der Waals surface area contributed by atoms with Gasteiger partial charge in [0, 0.05) is 25.7 Å². The average molecular weight is 390 g/mol. The Labute approximate surface area is 171 Å². The lowest BCUT2D eigenvalue weighted by Crippen LogP contribution is -2.40. The Kier molecular flexibility index (Phi) is 5.98. The Morgan fingerprint density at radius 1 is 1.21 bits per heavy atom. The minimum absolute atomic E-state index is 0.223. The number of aromatic nitrogens is 3. The Hall–Kier alpha value is -3.02. The molecule has 0 N–H and O–H groups in total. The molecule has 29 heavy (non-hydrogen) atoms. The molecule has 1 aliphatic heterocycles. The van der Waals surface area contributed by atoms with Crippen molar-refractivity contribution in [1.29, 1.82) is 0 Å². The summed E-state index contributed by atoms with van der Waals surface area (Å²) in [5.41, 5.74) is 2.99. The molecule has 1 aromatic carbocycles. The van der Waals surface area contributed by atoms with Crippen LogP contribution in [0.2, 0.25) is 0 Å². The third kappa shape index (κ3) is 4.88. The van der Waals surface area contributed by atoms with E-state index in [0.29, 0.717) is 29.7 Å². The number of carbonyl (C=O) groups excluding carboxylic acids is 1. The highest BCUT2D eigenvalue weighted by Gasteiger charge is 2.24.